The van der Waals surface area contributed by atoms with Crippen LogP contribution in [0.5, 0.6) is 0 Å². The second-order valence-electron chi connectivity index (χ2n) is 4.05. The molecule has 0 radical (unpaired) electrons. The molecular formula is C13H20O3. The highest BCUT2D eigenvalue weighted by Gasteiger charge is 2.36. The van der Waals surface area contributed by atoms with Crippen molar-refractivity contribution in [2.45, 2.75) is 25.4 Å². The van der Waals surface area contributed by atoms with Gasteiger partial charge in [0.05, 0.1) is 5.60 Å². The van der Waals surface area contributed by atoms with Gasteiger partial charge in [-0.3, -0.25) is 0 Å². The van der Waals surface area contributed by atoms with Gasteiger partial charge < -0.3 is 15.3 Å². The average molecular weight is 224 g/mol. The second-order valence-corrected chi connectivity index (χ2v) is 4.05. The Morgan fingerprint density at radius 3 is 2.25 bits per heavy atom. The molecule has 0 unspecified atom stereocenters. The molecule has 0 aliphatic carbocycles. The minimum absolute atomic E-state index is 0.0815. The first-order chi connectivity index (χ1) is 7.69. The molecule has 0 aliphatic rings. The zero-order valence-corrected chi connectivity index (χ0v) is 9.63. The summed E-state index contributed by atoms with van der Waals surface area (Å²) in [6.45, 7) is 1.75. The molecule has 0 saturated heterocycles. The molecule has 0 spiro atoms. The van der Waals surface area contributed by atoms with Crippen LogP contribution in [0.15, 0.2) is 30.3 Å². The average Bonchev–Trinajstić information content (AvgIpc) is 2.32. The molecule has 1 aromatic rings. The van der Waals surface area contributed by atoms with Crippen LogP contribution in [0.4, 0.5) is 0 Å². The molecule has 1 aromatic carbocycles. The van der Waals surface area contributed by atoms with Crippen LogP contribution in [-0.2, 0) is 5.60 Å². The van der Waals surface area contributed by atoms with E-state index in [9.17, 15) is 10.2 Å². The second kappa shape index (κ2) is 5.99. The van der Waals surface area contributed by atoms with E-state index in [0.717, 1.165) is 5.56 Å². The lowest BCUT2D eigenvalue weighted by Gasteiger charge is -2.35. The molecule has 0 saturated carbocycles. The summed E-state index contributed by atoms with van der Waals surface area (Å²) in [6.07, 6.45) is 0.915. The van der Waals surface area contributed by atoms with Gasteiger partial charge in [0.15, 0.2) is 0 Å². The standard InChI is InChI=1S/C13H20O3/c1-2-11(10-15)13(16,8-9-14)12-6-4-3-5-7-12/h3-7,11,14-16H,2,8-10H2,1H3/t11-,13+/m1/s1. The van der Waals surface area contributed by atoms with E-state index in [0.29, 0.717) is 6.42 Å². The van der Waals surface area contributed by atoms with Crippen LogP contribution in [0, 0.1) is 5.92 Å². The fraction of sp³-hybridized carbons (Fsp3) is 0.538. The van der Waals surface area contributed by atoms with E-state index in [-0.39, 0.29) is 25.6 Å². The maximum atomic E-state index is 10.6. The van der Waals surface area contributed by atoms with Gasteiger partial charge in [0.25, 0.3) is 0 Å². The number of aliphatic hydroxyl groups excluding tert-OH is 2. The normalized spacial score (nSPS) is 16.8. The summed E-state index contributed by atoms with van der Waals surface area (Å²) in [5.41, 5.74) is -0.385. The minimum Gasteiger partial charge on any atom is -0.396 e. The van der Waals surface area contributed by atoms with Crippen molar-refractivity contribution in [1.29, 1.82) is 0 Å². The van der Waals surface area contributed by atoms with Crippen LogP contribution in [0.2, 0.25) is 0 Å². The monoisotopic (exact) mass is 224 g/mol. The molecule has 3 nitrogen and oxygen atoms in total. The van der Waals surface area contributed by atoms with E-state index in [1.54, 1.807) is 0 Å². The maximum absolute atomic E-state index is 10.6. The molecule has 3 N–H and O–H groups in total. The smallest absolute Gasteiger partial charge is 0.0968 e. The summed E-state index contributed by atoms with van der Waals surface area (Å²) in [6, 6.07) is 9.23. The van der Waals surface area contributed by atoms with Crippen molar-refractivity contribution in [2.75, 3.05) is 13.2 Å². The van der Waals surface area contributed by atoms with Crippen LogP contribution in [0.25, 0.3) is 0 Å². The topological polar surface area (TPSA) is 60.7 Å². The van der Waals surface area contributed by atoms with Gasteiger partial charge in [0.1, 0.15) is 0 Å². The van der Waals surface area contributed by atoms with Crippen LogP contribution in [0.3, 0.4) is 0 Å². The highest BCUT2D eigenvalue weighted by atomic mass is 16.3. The first-order valence-electron chi connectivity index (χ1n) is 5.68. The zero-order valence-electron chi connectivity index (χ0n) is 9.63. The van der Waals surface area contributed by atoms with E-state index in [1.807, 2.05) is 37.3 Å². The largest absolute Gasteiger partial charge is 0.396 e. The summed E-state index contributed by atoms with van der Waals surface area (Å²) in [4.78, 5) is 0. The van der Waals surface area contributed by atoms with Crippen LogP contribution in [0.1, 0.15) is 25.3 Å². The molecule has 16 heavy (non-hydrogen) atoms. The Morgan fingerprint density at radius 2 is 1.81 bits per heavy atom. The third kappa shape index (κ3) is 2.61. The van der Waals surface area contributed by atoms with Crippen LogP contribution in [-0.4, -0.2) is 28.5 Å². The fourth-order valence-electron chi connectivity index (χ4n) is 2.10. The third-order valence-electron chi connectivity index (χ3n) is 3.16. The Morgan fingerprint density at radius 1 is 1.19 bits per heavy atom. The van der Waals surface area contributed by atoms with Gasteiger partial charge in [-0.1, -0.05) is 37.3 Å². The number of hydrogen-bond donors (Lipinski definition) is 3. The van der Waals surface area contributed by atoms with Crippen molar-refractivity contribution in [2.24, 2.45) is 5.92 Å². The van der Waals surface area contributed by atoms with E-state index in [4.69, 9.17) is 5.11 Å². The van der Waals surface area contributed by atoms with E-state index < -0.39 is 5.60 Å². The highest BCUT2D eigenvalue weighted by molar-refractivity contribution is 5.23. The molecule has 0 bridgehead atoms. The lowest BCUT2D eigenvalue weighted by molar-refractivity contribution is -0.0628. The van der Waals surface area contributed by atoms with Crippen molar-refractivity contribution < 1.29 is 15.3 Å². The van der Waals surface area contributed by atoms with Crippen LogP contribution >= 0.6 is 0 Å². The highest BCUT2D eigenvalue weighted by Crippen LogP contribution is 2.34. The van der Waals surface area contributed by atoms with Crippen molar-refractivity contribution in [3.63, 3.8) is 0 Å². The van der Waals surface area contributed by atoms with Gasteiger partial charge in [0.2, 0.25) is 0 Å². The van der Waals surface area contributed by atoms with E-state index in [1.165, 1.54) is 0 Å². The Labute approximate surface area is 96.4 Å². The van der Waals surface area contributed by atoms with Crippen LogP contribution < -0.4 is 0 Å². The fourth-order valence-corrected chi connectivity index (χ4v) is 2.10. The molecule has 90 valence electrons. The number of aliphatic hydroxyl groups is 3. The molecular weight excluding hydrogens is 204 g/mol. The lowest BCUT2D eigenvalue weighted by Crippen LogP contribution is -2.38. The van der Waals surface area contributed by atoms with Crippen molar-refractivity contribution in [1.82, 2.24) is 0 Å². The van der Waals surface area contributed by atoms with Gasteiger partial charge in [0, 0.05) is 25.6 Å². The molecule has 2 atom stereocenters. The first kappa shape index (κ1) is 13.2. The predicted octanol–water partition coefficient (Wildman–Crippen LogP) is 1.28. The molecule has 0 amide bonds. The SMILES string of the molecule is CC[C@H](CO)[C@@](O)(CCO)c1ccccc1. The van der Waals surface area contributed by atoms with E-state index in [2.05, 4.69) is 0 Å². The van der Waals surface area contributed by atoms with Crippen molar-refractivity contribution in [3.8, 4) is 0 Å². The Bertz CT molecular complexity index is 295. The lowest BCUT2D eigenvalue weighted by atomic mass is 9.78. The van der Waals surface area contributed by atoms with Gasteiger partial charge >= 0.3 is 0 Å². The van der Waals surface area contributed by atoms with Gasteiger partial charge in [-0.2, -0.15) is 0 Å². The Balaban J connectivity index is 3.05. The molecule has 3 heteroatoms. The summed E-state index contributed by atoms with van der Waals surface area (Å²) in [7, 11) is 0. The first-order valence-corrected chi connectivity index (χ1v) is 5.68. The quantitative estimate of drug-likeness (QED) is 0.682. The minimum atomic E-state index is -1.14. The van der Waals surface area contributed by atoms with Gasteiger partial charge in [-0.15, -0.1) is 0 Å². The maximum Gasteiger partial charge on any atom is 0.0968 e. The zero-order chi connectivity index (χ0) is 12.0. The number of rotatable bonds is 6. The molecule has 0 heterocycles. The summed E-state index contributed by atoms with van der Waals surface area (Å²) < 4.78 is 0. The molecule has 0 aliphatic heterocycles. The molecule has 0 aromatic heterocycles. The van der Waals surface area contributed by atoms with E-state index >= 15 is 0 Å². The van der Waals surface area contributed by atoms with Crippen molar-refractivity contribution >= 4 is 0 Å². The summed E-state index contributed by atoms with van der Waals surface area (Å²) in [5.74, 6) is -0.248. The molecule has 0 fully saturated rings. The van der Waals surface area contributed by atoms with Crippen molar-refractivity contribution in [3.05, 3.63) is 35.9 Å². The van der Waals surface area contributed by atoms with Gasteiger partial charge in [-0.05, 0) is 12.0 Å². The number of hydrogen-bond acceptors (Lipinski definition) is 3. The Hall–Kier alpha value is -0.900. The predicted molar refractivity (Wildman–Crippen MR) is 62.9 cm³/mol. The van der Waals surface area contributed by atoms with Gasteiger partial charge in [-0.25, -0.2) is 0 Å². The number of benzene rings is 1. The third-order valence-corrected chi connectivity index (χ3v) is 3.16. The Kier molecular flexibility index (Phi) is 4.93. The summed E-state index contributed by atoms with van der Waals surface area (Å²) in [5, 5.41) is 29.0. The summed E-state index contributed by atoms with van der Waals surface area (Å²) >= 11 is 0. The molecule has 1 rings (SSSR count).